The largest absolute Gasteiger partial charge is 0.493 e. The molecule has 1 aliphatic rings. The smallest absolute Gasteiger partial charge is 0.343 e. The van der Waals surface area contributed by atoms with Crippen molar-refractivity contribution in [2.24, 2.45) is 0 Å². The lowest BCUT2D eigenvalue weighted by atomic mass is 10.1. The summed E-state index contributed by atoms with van der Waals surface area (Å²) in [6.07, 6.45) is 1.23. The minimum atomic E-state index is -0.909. The fraction of sp³-hybridized carbons (Fsp3) is 0.111. The van der Waals surface area contributed by atoms with Crippen LogP contribution in [0.4, 0.5) is 10.5 Å². The van der Waals surface area contributed by atoms with Crippen LogP contribution in [0.25, 0.3) is 6.08 Å². The molecule has 0 atom stereocenters. The monoisotopic (exact) mass is 614 g/mol. The molecular weight excluding hydrogens is 596 g/mol. The number of ether oxygens (including phenoxy) is 4. The average Bonchev–Trinajstić information content (AvgIpc) is 2.92. The second-order valence-corrected chi connectivity index (χ2v) is 9.27. The van der Waals surface area contributed by atoms with E-state index in [0.29, 0.717) is 15.2 Å². The number of esters is 1. The molecule has 1 aliphatic heterocycles. The van der Waals surface area contributed by atoms with Crippen LogP contribution in [0.15, 0.2) is 64.6 Å². The first-order chi connectivity index (χ1) is 18.7. The molecule has 0 unspecified atom stereocenters. The summed E-state index contributed by atoms with van der Waals surface area (Å²) >= 11 is 9.26. The van der Waals surface area contributed by atoms with Crippen molar-refractivity contribution in [3.8, 4) is 23.0 Å². The van der Waals surface area contributed by atoms with Crippen LogP contribution in [-0.4, -0.2) is 45.1 Å². The van der Waals surface area contributed by atoms with Gasteiger partial charge in [0.2, 0.25) is 5.75 Å². The number of nitrogens with one attached hydrogen (secondary N) is 1. The molecule has 0 aromatic heterocycles. The van der Waals surface area contributed by atoms with Crippen molar-refractivity contribution in [1.29, 1.82) is 0 Å². The maximum atomic E-state index is 13.3. The molecule has 200 valence electrons. The van der Waals surface area contributed by atoms with Gasteiger partial charge in [-0.25, -0.2) is 14.5 Å². The minimum absolute atomic E-state index is 0.0417. The van der Waals surface area contributed by atoms with E-state index in [1.807, 2.05) is 0 Å². The Hall–Kier alpha value is -4.35. The van der Waals surface area contributed by atoms with Crippen molar-refractivity contribution in [1.82, 2.24) is 5.32 Å². The molecule has 0 bridgehead atoms. The van der Waals surface area contributed by atoms with Gasteiger partial charge in [-0.15, -0.1) is 0 Å². The van der Waals surface area contributed by atoms with E-state index in [2.05, 4.69) is 21.2 Å². The Morgan fingerprint density at radius 3 is 2.13 bits per heavy atom. The van der Waals surface area contributed by atoms with Crippen LogP contribution in [0.1, 0.15) is 15.9 Å². The predicted octanol–water partition coefficient (Wildman–Crippen LogP) is 5.01. The van der Waals surface area contributed by atoms with Crippen LogP contribution < -0.4 is 29.2 Å². The van der Waals surface area contributed by atoms with Gasteiger partial charge in [0.05, 0.1) is 32.6 Å². The fourth-order valence-electron chi connectivity index (χ4n) is 3.72. The Balaban J connectivity index is 1.71. The Kier molecular flexibility index (Phi) is 8.22. The lowest BCUT2D eigenvalue weighted by Gasteiger charge is -2.26. The van der Waals surface area contributed by atoms with Gasteiger partial charge in [-0.05, 0) is 60.7 Å². The summed E-state index contributed by atoms with van der Waals surface area (Å²) in [5, 5.41) is 2.55. The van der Waals surface area contributed by atoms with Gasteiger partial charge in [0, 0.05) is 15.1 Å². The quantitative estimate of drug-likeness (QED) is 0.170. The maximum absolute atomic E-state index is 13.3. The fourth-order valence-corrected chi connectivity index (χ4v) is 4.23. The van der Waals surface area contributed by atoms with E-state index in [1.54, 1.807) is 12.1 Å². The van der Waals surface area contributed by atoms with Crippen molar-refractivity contribution in [2.75, 3.05) is 26.2 Å². The van der Waals surface area contributed by atoms with Crippen LogP contribution in [0, 0.1) is 0 Å². The van der Waals surface area contributed by atoms with Crippen molar-refractivity contribution < 1.29 is 38.1 Å². The number of halogens is 2. The number of carbonyl (C=O) groups excluding carboxylic acids is 4. The summed E-state index contributed by atoms with van der Waals surface area (Å²) in [6.45, 7) is 0. The predicted molar refractivity (Wildman–Crippen MR) is 146 cm³/mol. The van der Waals surface area contributed by atoms with Gasteiger partial charge in [0.15, 0.2) is 11.5 Å². The van der Waals surface area contributed by atoms with Gasteiger partial charge in [0.25, 0.3) is 11.8 Å². The zero-order valence-electron chi connectivity index (χ0n) is 20.7. The van der Waals surface area contributed by atoms with Crippen molar-refractivity contribution in [3.05, 3.63) is 80.8 Å². The number of rotatable bonds is 7. The van der Waals surface area contributed by atoms with Gasteiger partial charge in [0.1, 0.15) is 11.3 Å². The number of hydrogen-bond donors (Lipinski definition) is 1. The molecular formula is C27H20BrClN2O8. The third-order valence-electron chi connectivity index (χ3n) is 5.56. The summed E-state index contributed by atoms with van der Waals surface area (Å²) in [7, 11) is 4.26. The standard InChI is InChI=1S/C27H20BrClN2O8/c1-36-21-12-15(13-22(37-2)23(21)38-3)26(34)39-20-9-4-16(28)10-14(20)11-19-24(32)30-27(35)31(25(19)33)18-7-5-17(29)6-8-18/h4-13H,1-3H3,(H,30,32,35)/b19-11-. The topological polar surface area (TPSA) is 120 Å². The van der Waals surface area contributed by atoms with Gasteiger partial charge in [-0.1, -0.05) is 27.5 Å². The number of nitrogens with zero attached hydrogens (tertiary/aromatic N) is 1. The summed E-state index contributed by atoms with van der Waals surface area (Å²) in [4.78, 5) is 52.3. The Morgan fingerprint density at radius 1 is 0.897 bits per heavy atom. The number of methoxy groups -OCH3 is 3. The normalized spacial score (nSPS) is 14.2. The highest BCUT2D eigenvalue weighted by Crippen LogP contribution is 2.38. The molecule has 3 aromatic carbocycles. The molecule has 1 heterocycles. The molecule has 1 fully saturated rings. The molecule has 1 saturated heterocycles. The zero-order chi connectivity index (χ0) is 28.3. The number of urea groups is 1. The van der Waals surface area contributed by atoms with E-state index in [9.17, 15) is 19.2 Å². The number of barbiturate groups is 1. The molecule has 3 aromatic rings. The Morgan fingerprint density at radius 2 is 1.54 bits per heavy atom. The van der Waals surface area contributed by atoms with Crippen LogP contribution in [0.5, 0.6) is 23.0 Å². The molecule has 4 amide bonds. The molecule has 0 saturated carbocycles. The lowest BCUT2D eigenvalue weighted by molar-refractivity contribution is -0.122. The lowest BCUT2D eigenvalue weighted by Crippen LogP contribution is -2.54. The molecule has 0 radical (unpaired) electrons. The van der Waals surface area contributed by atoms with Gasteiger partial charge < -0.3 is 18.9 Å². The summed E-state index contributed by atoms with van der Waals surface area (Å²) in [5.41, 5.74) is 0.169. The van der Waals surface area contributed by atoms with Crippen LogP contribution in [0.2, 0.25) is 5.02 Å². The molecule has 39 heavy (non-hydrogen) atoms. The first kappa shape index (κ1) is 27.7. The van der Waals surface area contributed by atoms with E-state index in [4.69, 9.17) is 30.5 Å². The molecule has 0 spiro atoms. The second-order valence-electron chi connectivity index (χ2n) is 7.92. The highest BCUT2D eigenvalue weighted by Gasteiger charge is 2.37. The Labute approximate surface area is 236 Å². The van der Waals surface area contributed by atoms with Gasteiger partial charge in [-0.3, -0.25) is 14.9 Å². The summed E-state index contributed by atoms with van der Waals surface area (Å²) < 4.78 is 22.1. The van der Waals surface area contributed by atoms with Crippen LogP contribution >= 0.6 is 27.5 Å². The summed E-state index contributed by atoms with van der Waals surface area (Å²) in [6, 6.07) is 12.5. The molecule has 1 N–H and O–H groups in total. The number of anilines is 1. The number of imide groups is 2. The molecule has 12 heteroatoms. The van der Waals surface area contributed by atoms with Crippen molar-refractivity contribution in [2.45, 2.75) is 0 Å². The van der Waals surface area contributed by atoms with E-state index in [0.717, 1.165) is 4.90 Å². The zero-order valence-corrected chi connectivity index (χ0v) is 23.1. The highest BCUT2D eigenvalue weighted by molar-refractivity contribution is 9.10. The van der Waals surface area contributed by atoms with Crippen molar-refractivity contribution in [3.63, 3.8) is 0 Å². The third kappa shape index (κ3) is 5.74. The molecule has 10 nitrogen and oxygen atoms in total. The first-order valence-electron chi connectivity index (χ1n) is 11.2. The second kappa shape index (κ2) is 11.6. The van der Waals surface area contributed by atoms with Crippen molar-refractivity contribution >= 4 is 63.1 Å². The van der Waals surface area contributed by atoms with Crippen LogP contribution in [-0.2, 0) is 9.59 Å². The Bertz CT molecular complexity index is 1500. The first-order valence-corrected chi connectivity index (χ1v) is 12.3. The van der Waals surface area contributed by atoms with Gasteiger partial charge >= 0.3 is 12.0 Å². The van der Waals surface area contributed by atoms with E-state index >= 15 is 0 Å². The number of carbonyl (C=O) groups is 4. The highest BCUT2D eigenvalue weighted by atomic mass is 79.9. The number of hydrogen-bond acceptors (Lipinski definition) is 8. The maximum Gasteiger partial charge on any atom is 0.343 e. The average molecular weight is 616 g/mol. The minimum Gasteiger partial charge on any atom is -0.493 e. The van der Waals surface area contributed by atoms with E-state index < -0.39 is 23.8 Å². The SMILES string of the molecule is COc1cc(C(=O)Oc2ccc(Br)cc2/C=C2/C(=O)NC(=O)N(c3ccc(Cl)cc3)C2=O)cc(OC)c1OC. The molecule has 0 aliphatic carbocycles. The van der Waals surface area contributed by atoms with Crippen LogP contribution in [0.3, 0.4) is 0 Å². The number of amides is 4. The third-order valence-corrected chi connectivity index (χ3v) is 6.31. The summed E-state index contributed by atoms with van der Waals surface area (Å²) in [5.74, 6) is -1.71. The van der Waals surface area contributed by atoms with E-state index in [1.165, 1.54) is 69.9 Å². The molecule has 4 rings (SSSR count). The van der Waals surface area contributed by atoms with E-state index in [-0.39, 0.29) is 39.6 Å². The number of benzene rings is 3. The van der Waals surface area contributed by atoms with Gasteiger partial charge in [-0.2, -0.15) is 0 Å².